The Labute approximate surface area is 112 Å². The van der Waals surface area contributed by atoms with E-state index in [0.717, 1.165) is 25.1 Å². The lowest BCUT2D eigenvalue weighted by Gasteiger charge is -2.17. The average Bonchev–Trinajstić information content (AvgIpc) is 2.93. The summed E-state index contributed by atoms with van der Waals surface area (Å²) >= 11 is 1.40. The average molecular weight is 261 g/mol. The standard InChI is InChI=1S/C14H19N3S/c1-3-8-15-14(13-10-18-17-16-13)12-7-5-6-11(4-2)9-12/h5-7,9-10,14-15H,3-4,8H2,1-2H3. The number of nitrogens with zero attached hydrogens (tertiary/aromatic N) is 2. The van der Waals surface area contributed by atoms with Gasteiger partial charge in [-0.25, -0.2) is 0 Å². The fourth-order valence-corrected chi connectivity index (χ4v) is 2.45. The van der Waals surface area contributed by atoms with Crippen molar-refractivity contribution < 1.29 is 0 Å². The van der Waals surface area contributed by atoms with Crippen molar-refractivity contribution in [3.63, 3.8) is 0 Å². The normalized spacial score (nSPS) is 12.6. The summed E-state index contributed by atoms with van der Waals surface area (Å²) in [6.07, 6.45) is 2.17. The number of hydrogen-bond acceptors (Lipinski definition) is 4. The number of nitrogens with one attached hydrogen (secondary N) is 1. The first-order chi connectivity index (χ1) is 8.85. The third-order valence-corrected chi connectivity index (χ3v) is 3.49. The van der Waals surface area contributed by atoms with Crippen LogP contribution in [0.5, 0.6) is 0 Å². The molecule has 1 atom stereocenters. The number of benzene rings is 1. The third kappa shape index (κ3) is 3.15. The van der Waals surface area contributed by atoms with Crippen molar-refractivity contribution in [1.29, 1.82) is 0 Å². The van der Waals surface area contributed by atoms with E-state index in [0.29, 0.717) is 0 Å². The highest BCUT2D eigenvalue weighted by molar-refractivity contribution is 7.03. The van der Waals surface area contributed by atoms with Crippen molar-refractivity contribution in [3.8, 4) is 0 Å². The summed E-state index contributed by atoms with van der Waals surface area (Å²) in [4.78, 5) is 0. The van der Waals surface area contributed by atoms with Crippen LogP contribution in [-0.4, -0.2) is 16.1 Å². The maximum Gasteiger partial charge on any atom is 0.0970 e. The Balaban J connectivity index is 2.27. The van der Waals surface area contributed by atoms with Crippen LogP contribution in [0.1, 0.15) is 43.1 Å². The van der Waals surface area contributed by atoms with E-state index < -0.39 is 0 Å². The van der Waals surface area contributed by atoms with Crippen LogP contribution >= 0.6 is 11.5 Å². The first-order valence-electron chi connectivity index (χ1n) is 6.44. The second-order valence-electron chi connectivity index (χ2n) is 4.32. The Morgan fingerprint density at radius 2 is 2.22 bits per heavy atom. The summed E-state index contributed by atoms with van der Waals surface area (Å²) < 4.78 is 3.97. The van der Waals surface area contributed by atoms with E-state index in [4.69, 9.17) is 0 Å². The van der Waals surface area contributed by atoms with Crippen LogP contribution in [0.25, 0.3) is 0 Å². The van der Waals surface area contributed by atoms with Crippen molar-refractivity contribution in [1.82, 2.24) is 14.9 Å². The van der Waals surface area contributed by atoms with Gasteiger partial charge < -0.3 is 5.32 Å². The SMILES string of the molecule is CCCNC(c1cccc(CC)c1)c1csnn1. The van der Waals surface area contributed by atoms with Gasteiger partial charge in [-0.05, 0) is 42.0 Å². The maximum atomic E-state index is 4.21. The number of hydrogen-bond donors (Lipinski definition) is 1. The predicted molar refractivity (Wildman–Crippen MR) is 75.9 cm³/mol. The largest absolute Gasteiger partial charge is 0.305 e. The molecule has 1 aromatic heterocycles. The second-order valence-corrected chi connectivity index (χ2v) is 4.93. The highest BCUT2D eigenvalue weighted by Crippen LogP contribution is 2.22. The quantitative estimate of drug-likeness (QED) is 0.868. The molecule has 0 bridgehead atoms. The third-order valence-electron chi connectivity index (χ3n) is 2.96. The summed E-state index contributed by atoms with van der Waals surface area (Å²) in [6, 6.07) is 8.86. The van der Waals surface area contributed by atoms with Gasteiger partial charge in [0.25, 0.3) is 0 Å². The zero-order valence-electron chi connectivity index (χ0n) is 10.9. The number of rotatable bonds is 6. The van der Waals surface area contributed by atoms with Crippen LogP contribution in [0.15, 0.2) is 29.6 Å². The Bertz CT molecular complexity index is 468. The van der Waals surface area contributed by atoms with Crippen molar-refractivity contribution in [3.05, 3.63) is 46.5 Å². The van der Waals surface area contributed by atoms with Gasteiger partial charge in [-0.15, -0.1) is 5.10 Å². The van der Waals surface area contributed by atoms with Gasteiger partial charge in [0, 0.05) is 5.38 Å². The summed E-state index contributed by atoms with van der Waals surface area (Å²) in [5.74, 6) is 0. The molecule has 1 heterocycles. The van der Waals surface area contributed by atoms with Gasteiger partial charge in [-0.3, -0.25) is 0 Å². The molecule has 0 amide bonds. The molecule has 2 aromatic rings. The zero-order chi connectivity index (χ0) is 12.8. The molecule has 96 valence electrons. The van der Waals surface area contributed by atoms with Gasteiger partial charge in [0.15, 0.2) is 0 Å². The molecule has 0 fully saturated rings. The van der Waals surface area contributed by atoms with Crippen molar-refractivity contribution >= 4 is 11.5 Å². The van der Waals surface area contributed by atoms with E-state index in [1.54, 1.807) is 0 Å². The molecular formula is C14H19N3S. The van der Waals surface area contributed by atoms with Crippen molar-refractivity contribution in [2.45, 2.75) is 32.7 Å². The summed E-state index contributed by atoms with van der Waals surface area (Å²) in [5, 5.41) is 9.77. The molecule has 0 aliphatic rings. The van der Waals surface area contributed by atoms with E-state index in [1.165, 1.54) is 22.7 Å². The lowest BCUT2D eigenvalue weighted by atomic mass is 10.0. The molecule has 4 heteroatoms. The second kappa shape index (κ2) is 6.61. The van der Waals surface area contributed by atoms with Crippen LogP contribution in [0.2, 0.25) is 0 Å². The van der Waals surface area contributed by atoms with Gasteiger partial charge in [0.05, 0.1) is 11.7 Å². The molecule has 0 aliphatic heterocycles. The van der Waals surface area contributed by atoms with Crippen molar-refractivity contribution in [2.75, 3.05) is 6.54 Å². The number of aromatic nitrogens is 2. The van der Waals surface area contributed by atoms with Gasteiger partial charge in [-0.2, -0.15) is 0 Å². The minimum atomic E-state index is 0.162. The minimum absolute atomic E-state index is 0.162. The van der Waals surface area contributed by atoms with E-state index >= 15 is 0 Å². The molecule has 1 unspecified atom stereocenters. The monoisotopic (exact) mass is 261 g/mol. The van der Waals surface area contributed by atoms with Gasteiger partial charge in [0.1, 0.15) is 0 Å². The zero-order valence-corrected chi connectivity index (χ0v) is 11.7. The fraction of sp³-hybridized carbons (Fsp3) is 0.429. The smallest absolute Gasteiger partial charge is 0.0970 e. The first kappa shape index (κ1) is 13.2. The molecule has 0 spiro atoms. The summed E-state index contributed by atoms with van der Waals surface area (Å²) in [5.41, 5.74) is 3.65. The maximum absolute atomic E-state index is 4.21. The molecule has 1 aromatic carbocycles. The molecule has 0 saturated heterocycles. The lowest BCUT2D eigenvalue weighted by molar-refractivity contribution is 0.584. The van der Waals surface area contributed by atoms with Crippen LogP contribution < -0.4 is 5.32 Å². The van der Waals surface area contributed by atoms with Crippen LogP contribution in [0, 0.1) is 0 Å². The lowest BCUT2D eigenvalue weighted by Crippen LogP contribution is -2.23. The van der Waals surface area contributed by atoms with Crippen LogP contribution in [-0.2, 0) is 6.42 Å². The molecule has 2 rings (SSSR count). The predicted octanol–water partition coefficient (Wildman–Crippen LogP) is 3.19. The molecule has 3 nitrogen and oxygen atoms in total. The topological polar surface area (TPSA) is 37.8 Å². The highest BCUT2D eigenvalue weighted by Gasteiger charge is 2.15. The summed E-state index contributed by atoms with van der Waals surface area (Å²) in [7, 11) is 0. The van der Waals surface area contributed by atoms with Gasteiger partial charge >= 0.3 is 0 Å². The van der Waals surface area contributed by atoms with Gasteiger partial charge in [0.2, 0.25) is 0 Å². The Hall–Kier alpha value is -1.26. The Morgan fingerprint density at radius 1 is 1.33 bits per heavy atom. The van der Waals surface area contributed by atoms with Crippen LogP contribution in [0.4, 0.5) is 0 Å². The Morgan fingerprint density at radius 3 is 2.89 bits per heavy atom. The fourth-order valence-electron chi connectivity index (χ4n) is 1.97. The van der Waals surface area contributed by atoms with Gasteiger partial charge in [-0.1, -0.05) is 42.6 Å². The highest BCUT2D eigenvalue weighted by atomic mass is 32.1. The first-order valence-corrected chi connectivity index (χ1v) is 7.28. The molecule has 1 N–H and O–H groups in total. The van der Waals surface area contributed by atoms with E-state index in [2.05, 4.69) is 53.0 Å². The van der Waals surface area contributed by atoms with Crippen molar-refractivity contribution in [2.24, 2.45) is 0 Å². The number of aryl methyl sites for hydroxylation is 1. The Kier molecular flexibility index (Phi) is 4.84. The van der Waals surface area contributed by atoms with E-state index in [9.17, 15) is 0 Å². The molecule has 0 radical (unpaired) electrons. The van der Waals surface area contributed by atoms with E-state index in [-0.39, 0.29) is 6.04 Å². The summed E-state index contributed by atoms with van der Waals surface area (Å²) in [6.45, 7) is 5.34. The molecule has 0 saturated carbocycles. The molecular weight excluding hydrogens is 242 g/mol. The van der Waals surface area contributed by atoms with E-state index in [1.807, 2.05) is 5.38 Å². The van der Waals surface area contributed by atoms with Crippen LogP contribution in [0.3, 0.4) is 0 Å². The minimum Gasteiger partial charge on any atom is -0.305 e. The molecule has 18 heavy (non-hydrogen) atoms. The molecule has 0 aliphatic carbocycles.